The molecule has 1 saturated heterocycles. The zero-order valence-corrected chi connectivity index (χ0v) is 27.1. The molecule has 4 N–H and O–H groups in total. The second-order valence-corrected chi connectivity index (χ2v) is 12.8. The van der Waals surface area contributed by atoms with E-state index >= 15 is 0 Å². The molecule has 2 aromatic heterocycles. The van der Waals surface area contributed by atoms with Gasteiger partial charge in [-0.1, -0.05) is 6.07 Å². The normalized spacial score (nSPS) is 21.9. The minimum absolute atomic E-state index is 0.256. The number of anilines is 2. The Hall–Kier alpha value is -4.25. The Balaban J connectivity index is 1.15. The van der Waals surface area contributed by atoms with Gasteiger partial charge in [0.25, 0.3) is 5.88 Å². The molecular weight excluding hydrogens is 598 g/mol. The summed E-state index contributed by atoms with van der Waals surface area (Å²) in [6.45, 7) is 6.30. The first-order chi connectivity index (χ1) is 22.9. The van der Waals surface area contributed by atoms with Gasteiger partial charge in [-0.3, -0.25) is 14.6 Å². The average molecular weight is 644 g/mol. The van der Waals surface area contributed by atoms with E-state index in [-0.39, 0.29) is 12.1 Å². The molecule has 0 amide bonds. The van der Waals surface area contributed by atoms with Crippen LogP contribution in [0.15, 0.2) is 41.8 Å². The molecule has 3 aliphatic rings. The van der Waals surface area contributed by atoms with Crippen LogP contribution in [0.25, 0.3) is 11.1 Å². The Bertz CT molecular complexity index is 1540. The maximum Gasteiger partial charge on any atom is 0.256 e. The number of ether oxygens (including phenoxy) is 3. The molecule has 0 radical (unpaired) electrons. The summed E-state index contributed by atoms with van der Waals surface area (Å²) in [6, 6.07) is 8.44. The smallest absolute Gasteiger partial charge is 0.256 e. The lowest BCUT2D eigenvalue weighted by atomic mass is 9.78. The highest BCUT2D eigenvalue weighted by Gasteiger charge is 2.34. The number of nitrogens with zero attached hydrogens (tertiary/aromatic N) is 7. The van der Waals surface area contributed by atoms with E-state index in [1.165, 1.54) is 6.34 Å². The van der Waals surface area contributed by atoms with Crippen LogP contribution in [0, 0.1) is 11.3 Å². The van der Waals surface area contributed by atoms with Crippen LogP contribution in [0.3, 0.4) is 0 Å². The van der Waals surface area contributed by atoms with Crippen LogP contribution in [0.2, 0.25) is 0 Å². The lowest BCUT2D eigenvalue weighted by Gasteiger charge is -2.38. The van der Waals surface area contributed by atoms with Gasteiger partial charge in [0.05, 0.1) is 56.1 Å². The molecule has 2 saturated carbocycles. The fourth-order valence-corrected chi connectivity index (χ4v) is 6.57. The SMILES string of the molecule is C[C@@H](CN=CN)Oc1cc(-c2cnc(Nc3cn(C4CCC(N5CCOCC5)CC4)nc3OCCC3(O)CCC3)nc2)ccc1C#N. The summed E-state index contributed by atoms with van der Waals surface area (Å²) < 4.78 is 19.7. The van der Waals surface area contributed by atoms with Gasteiger partial charge in [-0.25, -0.2) is 9.97 Å². The van der Waals surface area contributed by atoms with Crippen LogP contribution >= 0.6 is 0 Å². The van der Waals surface area contributed by atoms with Crippen LogP contribution in [-0.2, 0) is 4.74 Å². The summed E-state index contributed by atoms with van der Waals surface area (Å²) in [5.74, 6) is 1.36. The molecule has 3 aromatic rings. The molecule has 1 atom stereocenters. The number of hydrogen-bond donors (Lipinski definition) is 3. The Kier molecular flexibility index (Phi) is 10.5. The second-order valence-electron chi connectivity index (χ2n) is 12.8. The van der Waals surface area contributed by atoms with Crippen LogP contribution in [-0.4, -0.2) is 93.3 Å². The minimum atomic E-state index is -0.625. The Labute approximate surface area is 275 Å². The predicted octanol–water partition coefficient (Wildman–Crippen LogP) is 4.21. The molecular formula is C34H45N9O4. The number of aliphatic hydroxyl groups is 1. The van der Waals surface area contributed by atoms with Gasteiger partial charge in [-0.05, 0) is 69.6 Å². The third-order valence-electron chi connectivity index (χ3n) is 9.52. The quantitative estimate of drug-likeness (QED) is 0.180. The number of aromatic nitrogens is 4. The van der Waals surface area contributed by atoms with Crippen molar-refractivity contribution in [3.8, 4) is 28.8 Å². The van der Waals surface area contributed by atoms with Crippen molar-refractivity contribution in [1.82, 2.24) is 24.6 Å². The van der Waals surface area contributed by atoms with Crippen LogP contribution in [0.1, 0.15) is 69.9 Å². The largest absolute Gasteiger partial charge is 0.487 e. The standard InChI is InChI=1S/C34H45N9O4/c1-24(19-37-23-36)47-31-17-25(3-4-26(31)18-35)27-20-38-33(39-21-27)40-30-22-43(41-32(30)46-14-11-34(44)9-2-10-34)29-7-5-28(6-8-29)42-12-15-45-16-13-42/h3-4,17,20-24,28-29,44H,2,5-16,19H2,1H3,(H2,36,37)(H,38,39,40)/t24-,28?,29?/m0/s1. The zero-order valence-electron chi connectivity index (χ0n) is 27.1. The number of benzene rings is 1. The molecule has 6 rings (SSSR count). The van der Waals surface area contributed by atoms with Gasteiger partial charge < -0.3 is 30.4 Å². The van der Waals surface area contributed by atoms with Gasteiger partial charge in [0.2, 0.25) is 5.95 Å². The third-order valence-corrected chi connectivity index (χ3v) is 9.52. The number of rotatable bonds is 13. The summed E-state index contributed by atoms with van der Waals surface area (Å²) in [4.78, 5) is 15.8. The minimum Gasteiger partial charge on any atom is -0.487 e. The molecule has 0 bridgehead atoms. The molecule has 2 aliphatic carbocycles. The van der Waals surface area contributed by atoms with E-state index in [0.29, 0.717) is 54.4 Å². The summed E-state index contributed by atoms with van der Waals surface area (Å²) in [6.07, 6.45) is 14.0. The Morgan fingerprint density at radius 3 is 2.60 bits per heavy atom. The highest BCUT2D eigenvalue weighted by Crippen LogP contribution is 2.37. The fourth-order valence-electron chi connectivity index (χ4n) is 6.57. The highest BCUT2D eigenvalue weighted by molar-refractivity contribution is 5.67. The van der Waals surface area contributed by atoms with Gasteiger partial charge in [0.1, 0.15) is 23.6 Å². The monoisotopic (exact) mass is 643 g/mol. The van der Waals surface area contributed by atoms with Gasteiger partial charge in [-0.2, -0.15) is 5.26 Å². The number of hydrogen-bond acceptors (Lipinski definition) is 11. The van der Waals surface area contributed by atoms with Gasteiger partial charge >= 0.3 is 0 Å². The first kappa shape index (κ1) is 32.7. The van der Waals surface area contributed by atoms with Crippen molar-refractivity contribution in [1.29, 1.82) is 5.26 Å². The zero-order chi connectivity index (χ0) is 32.6. The number of aliphatic imine (C=N–C) groups is 1. The maximum atomic E-state index is 10.6. The van der Waals surface area contributed by atoms with E-state index in [1.54, 1.807) is 18.5 Å². The molecule has 13 nitrogen and oxygen atoms in total. The second kappa shape index (κ2) is 15.1. The van der Waals surface area contributed by atoms with Crippen molar-refractivity contribution < 1.29 is 19.3 Å². The fraction of sp³-hybridized carbons (Fsp3) is 0.559. The molecule has 1 aromatic carbocycles. The van der Waals surface area contributed by atoms with E-state index in [1.807, 2.05) is 29.9 Å². The lowest BCUT2D eigenvalue weighted by molar-refractivity contribution is -0.0485. The van der Waals surface area contributed by atoms with Crippen LogP contribution in [0.4, 0.5) is 11.6 Å². The number of nitrogens with one attached hydrogen (secondary N) is 1. The van der Waals surface area contributed by atoms with Gasteiger partial charge in [-0.15, -0.1) is 5.10 Å². The Morgan fingerprint density at radius 2 is 1.91 bits per heavy atom. The first-order valence-electron chi connectivity index (χ1n) is 16.7. The van der Waals surface area contributed by atoms with Crippen molar-refractivity contribution in [2.45, 2.75) is 82.1 Å². The Morgan fingerprint density at radius 1 is 1.17 bits per heavy atom. The number of morpholine rings is 1. The maximum absolute atomic E-state index is 10.6. The molecule has 1 aliphatic heterocycles. The lowest BCUT2D eigenvalue weighted by Crippen LogP contribution is -2.45. The average Bonchev–Trinajstić information content (AvgIpc) is 3.49. The van der Waals surface area contributed by atoms with Crippen molar-refractivity contribution >= 4 is 18.0 Å². The molecule has 47 heavy (non-hydrogen) atoms. The molecule has 13 heteroatoms. The van der Waals surface area contributed by atoms with Crippen LogP contribution < -0.4 is 20.5 Å². The van der Waals surface area contributed by atoms with Gasteiger partial charge in [0.15, 0.2) is 0 Å². The van der Waals surface area contributed by atoms with Crippen molar-refractivity contribution in [2.75, 3.05) is 44.8 Å². The van der Waals surface area contributed by atoms with Crippen LogP contribution in [0.5, 0.6) is 11.6 Å². The summed E-state index contributed by atoms with van der Waals surface area (Å²) in [7, 11) is 0. The number of nitriles is 1. The summed E-state index contributed by atoms with van der Waals surface area (Å²) in [5, 5.41) is 28.4. The third kappa shape index (κ3) is 8.19. The molecule has 0 unspecified atom stereocenters. The molecule has 3 heterocycles. The molecule has 0 spiro atoms. The van der Waals surface area contributed by atoms with E-state index in [9.17, 15) is 10.4 Å². The van der Waals surface area contributed by atoms with E-state index in [4.69, 9.17) is 25.0 Å². The molecule has 3 fully saturated rings. The highest BCUT2D eigenvalue weighted by atomic mass is 16.5. The predicted molar refractivity (Wildman–Crippen MR) is 178 cm³/mol. The van der Waals surface area contributed by atoms with Crippen molar-refractivity contribution in [3.05, 3.63) is 42.4 Å². The van der Waals surface area contributed by atoms with Crippen molar-refractivity contribution in [2.24, 2.45) is 10.7 Å². The van der Waals surface area contributed by atoms with E-state index in [2.05, 4.69) is 31.2 Å². The topological polar surface area (TPSA) is 169 Å². The van der Waals surface area contributed by atoms with E-state index in [0.717, 1.165) is 82.4 Å². The molecule has 250 valence electrons. The summed E-state index contributed by atoms with van der Waals surface area (Å²) in [5.41, 5.74) is 7.45. The summed E-state index contributed by atoms with van der Waals surface area (Å²) >= 11 is 0. The van der Waals surface area contributed by atoms with Crippen molar-refractivity contribution in [3.63, 3.8) is 0 Å². The van der Waals surface area contributed by atoms with Gasteiger partial charge in [0, 0.05) is 43.5 Å². The van der Waals surface area contributed by atoms with E-state index < -0.39 is 5.60 Å². The number of nitrogens with two attached hydrogens (primary N) is 1. The first-order valence-corrected chi connectivity index (χ1v) is 16.7.